The topological polar surface area (TPSA) is 205 Å². The second-order valence-corrected chi connectivity index (χ2v) is 10.8. The van der Waals surface area contributed by atoms with Gasteiger partial charge < -0.3 is 44.4 Å². The van der Waals surface area contributed by atoms with Crippen LogP contribution in [0.1, 0.15) is 36.7 Å². The number of carbonyl (C=O) groups is 6. The average Bonchev–Trinajstić information content (AvgIpc) is 3.46. The largest absolute Gasteiger partial charge is 0.483 e. The van der Waals surface area contributed by atoms with Gasteiger partial charge in [-0.25, -0.2) is 14.6 Å². The molecule has 3 N–H and O–H groups in total. The molecule has 4 amide bonds. The highest BCUT2D eigenvalue weighted by atomic mass is 16.6. The van der Waals surface area contributed by atoms with Crippen LogP contribution in [0, 0.1) is 0 Å². The first-order chi connectivity index (χ1) is 22.0. The highest BCUT2D eigenvalue weighted by Gasteiger charge is 2.40. The summed E-state index contributed by atoms with van der Waals surface area (Å²) < 4.78 is 15.6. The van der Waals surface area contributed by atoms with E-state index in [1.54, 1.807) is 31.2 Å². The molecule has 2 aliphatic rings. The van der Waals surface area contributed by atoms with Crippen molar-refractivity contribution in [3.8, 4) is 5.75 Å². The fourth-order valence-electron chi connectivity index (χ4n) is 5.35. The number of hydrogen-bond acceptors (Lipinski definition) is 11. The molecule has 3 atom stereocenters. The van der Waals surface area contributed by atoms with Gasteiger partial charge in [0.1, 0.15) is 23.5 Å². The Hall–Kier alpha value is -4.99. The molecule has 0 aliphatic carbocycles. The number of aliphatic carboxylic acids is 1. The molecule has 0 bridgehead atoms. The number of pyridine rings is 1. The predicted octanol–water partition coefficient (Wildman–Crippen LogP) is 0.0123. The summed E-state index contributed by atoms with van der Waals surface area (Å²) in [6.45, 7) is 2.08. The summed E-state index contributed by atoms with van der Waals surface area (Å²) in [5.41, 5.74) is 0.204. The molecular formula is C30H37N5O11. The Labute approximate surface area is 264 Å². The Morgan fingerprint density at radius 3 is 2.43 bits per heavy atom. The van der Waals surface area contributed by atoms with Gasteiger partial charge in [-0.05, 0) is 25.5 Å². The van der Waals surface area contributed by atoms with Gasteiger partial charge in [0.15, 0.2) is 6.61 Å². The quantitative estimate of drug-likeness (QED) is 0.277. The Bertz CT molecular complexity index is 1480. The fraction of sp³-hybridized carbons (Fsp3) is 0.500. The summed E-state index contributed by atoms with van der Waals surface area (Å²) >= 11 is 0. The van der Waals surface area contributed by atoms with Crippen LogP contribution in [0.2, 0.25) is 0 Å². The number of aromatic nitrogens is 1. The lowest BCUT2D eigenvalue weighted by molar-refractivity contribution is -0.151. The number of aliphatic hydroxyl groups is 1. The number of para-hydroxylation sites is 1. The van der Waals surface area contributed by atoms with Crippen molar-refractivity contribution >= 4 is 46.7 Å². The zero-order valence-electron chi connectivity index (χ0n) is 25.5. The number of amides is 4. The van der Waals surface area contributed by atoms with Crippen molar-refractivity contribution in [1.82, 2.24) is 25.0 Å². The maximum Gasteiger partial charge on any atom is 0.409 e. The van der Waals surface area contributed by atoms with Crippen LogP contribution in [0.5, 0.6) is 5.75 Å². The molecule has 1 aromatic carbocycles. The summed E-state index contributed by atoms with van der Waals surface area (Å²) in [6.07, 6.45) is -1.94. The van der Waals surface area contributed by atoms with Gasteiger partial charge in [0.05, 0.1) is 25.3 Å². The molecule has 2 fully saturated rings. The lowest BCUT2D eigenvalue weighted by atomic mass is 10.1. The van der Waals surface area contributed by atoms with Gasteiger partial charge >= 0.3 is 18.0 Å². The fourth-order valence-corrected chi connectivity index (χ4v) is 5.35. The van der Waals surface area contributed by atoms with Crippen LogP contribution in [-0.4, -0.2) is 137 Å². The van der Waals surface area contributed by atoms with Crippen LogP contribution in [0.4, 0.5) is 4.79 Å². The second kappa shape index (κ2) is 15.3. The average molecular weight is 644 g/mol. The van der Waals surface area contributed by atoms with Gasteiger partial charge in [0.25, 0.3) is 11.8 Å². The van der Waals surface area contributed by atoms with Crippen LogP contribution in [0.25, 0.3) is 10.9 Å². The lowest BCUT2D eigenvalue weighted by Crippen LogP contribution is -2.56. The number of nitrogens with one attached hydrogen (secondary N) is 1. The molecule has 16 nitrogen and oxygen atoms in total. The van der Waals surface area contributed by atoms with E-state index >= 15 is 0 Å². The van der Waals surface area contributed by atoms with Gasteiger partial charge in [-0.3, -0.25) is 19.2 Å². The van der Waals surface area contributed by atoms with E-state index in [-0.39, 0.29) is 63.6 Å². The molecule has 2 aliphatic heterocycles. The van der Waals surface area contributed by atoms with Crippen molar-refractivity contribution in [1.29, 1.82) is 0 Å². The summed E-state index contributed by atoms with van der Waals surface area (Å²) in [5.74, 6) is -3.55. The van der Waals surface area contributed by atoms with E-state index in [0.29, 0.717) is 10.9 Å². The van der Waals surface area contributed by atoms with Crippen molar-refractivity contribution in [3.05, 3.63) is 36.0 Å². The van der Waals surface area contributed by atoms with Gasteiger partial charge in [0.2, 0.25) is 5.91 Å². The Morgan fingerprint density at radius 1 is 1.07 bits per heavy atom. The van der Waals surface area contributed by atoms with E-state index in [1.165, 1.54) is 27.9 Å². The highest BCUT2D eigenvalue weighted by molar-refractivity contribution is 5.99. The van der Waals surface area contributed by atoms with E-state index in [9.17, 15) is 39.0 Å². The number of methoxy groups -OCH3 is 1. The van der Waals surface area contributed by atoms with Gasteiger partial charge in [-0.15, -0.1) is 0 Å². The standard InChI is InChI=1S/C30H37N5O11/c1-3-45-30(43)34-12-10-33(11-13-34)28(41)21(8-9-26(38)39)32-27(40)22-15-24(19-6-4-5-7-20(19)31-22)46-17-25(37)35-16-18(36)14-23(35)29(42)44-2/h4-7,15,18,21,23,36H,3,8-14,16-17H2,1-2H3,(H,32,40)(H,38,39)/t18-,21-,23-/m0/s1. The zero-order chi connectivity index (χ0) is 33.4. The van der Waals surface area contributed by atoms with Crippen LogP contribution in [-0.2, 0) is 28.7 Å². The minimum Gasteiger partial charge on any atom is -0.483 e. The van der Waals surface area contributed by atoms with Crippen LogP contribution in [0.3, 0.4) is 0 Å². The van der Waals surface area contributed by atoms with Crippen molar-refractivity contribution < 1.29 is 53.2 Å². The summed E-state index contributed by atoms with van der Waals surface area (Å²) in [6, 6.07) is 5.85. The summed E-state index contributed by atoms with van der Waals surface area (Å²) in [7, 11) is 1.19. The minimum absolute atomic E-state index is 0.0315. The Balaban J connectivity index is 1.50. The van der Waals surface area contributed by atoms with Gasteiger partial charge in [-0.2, -0.15) is 0 Å². The molecule has 0 unspecified atom stereocenters. The molecule has 2 aromatic rings. The second-order valence-electron chi connectivity index (χ2n) is 10.8. The first-order valence-corrected chi connectivity index (χ1v) is 14.8. The maximum absolute atomic E-state index is 13.5. The van der Waals surface area contributed by atoms with Crippen LogP contribution in [0.15, 0.2) is 30.3 Å². The number of carboxylic acids is 1. The monoisotopic (exact) mass is 643 g/mol. The molecule has 2 saturated heterocycles. The maximum atomic E-state index is 13.5. The first kappa shape index (κ1) is 33.9. The van der Waals surface area contributed by atoms with Crippen molar-refractivity contribution in [3.63, 3.8) is 0 Å². The van der Waals surface area contributed by atoms with Crippen molar-refractivity contribution in [2.24, 2.45) is 0 Å². The first-order valence-electron chi connectivity index (χ1n) is 14.8. The number of benzene rings is 1. The molecule has 0 radical (unpaired) electrons. The third kappa shape index (κ3) is 8.18. The lowest BCUT2D eigenvalue weighted by Gasteiger charge is -2.35. The van der Waals surface area contributed by atoms with Crippen molar-refractivity contribution in [2.75, 3.05) is 53.0 Å². The number of hydrogen-bond donors (Lipinski definition) is 3. The molecule has 4 rings (SSSR count). The number of rotatable bonds is 11. The molecule has 3 heterocycles. The normalized spacial score (nSPS) is 18.5. The molecular weight excluding hydrogens is 606 g/mol. The molecule has 16 heteroatoms. The smallest absolute Gasteiger partial charge is 0.409 e. The van der Waals surface area contributed by atoms with Crippen molar-refractivity contribution in [2.45, 2.75) is 44.4 Å². The molecule has 1 aromatic heterocycles. The number of esters is 1. The van der Waals surface area contributed by atoms with E-state index in [1.807, 2.05) is 0 Å². The third-order valence-corrected chi connectivity index (χ3v) is 7.70. The van der Waals surface area contributed by atoms with E-state index in [2.05, 4.69) is 10.3 Å². The molecule has 0 saturated carbocycles. The summed E-state index contributed by atoms with van der Waals surface area (Å²) in [4.78, 5) is 83.9. The minimum atomic E-state index is -1.20. The number of aliphatic hydroxyl groups excluding tert-OH is 1. The number of carboxylic acid groups (broad SMARTS) is 1. The van der Waals surface area contributed by atoms with Gasteiger partial charge in [0, 0.05) is 57.0 Å². The Kier molecular flexibility index (Phi) is 11.3. The summed E-state index contributed by atoms with van der Waals surface area (Å²) in [5, 5.41) is 22.4. The predicted molar refractivity (Wildman–Crippen MR) is 159 cm³/mol. The number of nitrogens with zero attached hydrogens (tertiary/aromatic N) is 4. The van der Waals surface area contributed by atoms with Crippen LogP contribution >= 0.6 is 0 Å². The number of carbonyl (C=O) groups excluding carboxylic acids is 5. The zero-order valence-corrected chi connectivity index (χ0v) is 25.5. The molecule has 46 heavy (non-hydrogen) atoms. The van der Waals surface area contributed by atoms with E-state index < -0.39 is 67.0 Å². The molecule has 248 valence electrons. The number of likely N-dealkylation sites (tertiary alicyclic amines) is 1. The van der Waals surface area contributed by atoms with Gasteiger partial charge in [-0.1, -0.05) is 12.1 Å². The number of β-amino-alcohol motifs (C(OH)–C–C–N with tert-alkyl or cyclic N) is 1. The number of piperazine rings is 1. The Morgan fingerprint density at radius 2 is 1.76 bits per heavy atom. The highest BCUT2D eigenvalue weighted by Crippen LogP contribution is 2.27. The third-order valence-electron chi connectivity index (χ3n) is 7.70. The van der Waals surface area contributed by atoms with E-state index in [0.717, 1.165) is 0 Å². The number of fused-ring (bicyclic) bond motifs is 1. The number of ether oxygens (including phenoxy) is 3. The molecule has 0 spiro atoms. The SMILES string of the molecule is CCOC(=O)N1CCN(C(=O)[C@H](CCC(=O)O)NC(=O)c2cc(OCC(=O)N3C[C@@H](O)C[C@H]3C(=O)OC)c3ccccc3n2)CC1. The van der Waals surface area contributed by atoms with E-state index in [4.69, 9.17) is 14.2 Å². The van der Waals surface area contributed by atoms with Crippen LogP contribution < -0.4 is 10.1 Å².